The lowest BCUT2D eigenvalue weighted by Crippen LogP contribution is -2.22. The second-order valence-electron chi connectivity index (χ2n) is 6.50. The molecule has 7 nitrogen and oxygen atoms in total. The van der Waals surface area contributed by atoms with Crippen LogP contribution in [0.5, 0.6) is 0 Å². The quantitative estimate of drug-likeness (QED) is 0.414. The highest BCUT2D eigenvalue weighted by Gasteiger charge is 2.20. The van der Waals surface area contributed by atoms with E-state index in [1.807, 2.05) is 31.2 Å². The number of carbonyl (C=O) groups is 1. The van der Waals surface area contributed by atoms with Crippen molar-refractivity contribution in [2.24, 2.45) is 0 Å². The Labute approximate surface area is 177 Å². The molecule has 1 unspecified atom stereocenters. The standard InChI is InChI=1S/C20H22ClN3O4S/c1-11-16-18(25)23-15(10-22-12(2)13-6-4-5-7-14(13)21)24-19(16)29-17(11)20(26)28-9-8-27-3/h4-7,12,22H,8-10H2,1-3H3,(H,23,24,25). The summed E-state index contributed by atoms with van der Waals surface area (Å²) < 4.78 is 10.1. The van der Waals surface area contributed by atoms with Gasteiger partial charge in [0, 0.05) is 18.2 Å². The minimum absolute atomic E-state index is 0.0268. The van der Waals surface area contributed by atoms with Gasteiger partial charge in [-0.2, -0.15) is 0 Å². The molecule has 2 heterocycles. The van der Waals surface area contributed by atoms with Crippen LogP contribution in [0.25, 0.3) is 10.2 Å². The fourth-order valence-electron chi connectivity index (χ4n) is 2.94. The van der Waals surface area contributed by atoms with E-state index in [1.54, 1.807) is 6.92 Å². The smallest absolute Gasteiger partial charge is 0.348 e. The van der Waals surface area contributed by atoms with Gasteiger partial charge in [0.15, 0.2) is 0 Å². The van der Waals surface area contributed by atoms with E-state index in [9.17, 15) is 9.59 Å². The van der Waals surface area contributed by atoms with Gasteiger partial charge in [0.25, 0.3) is 5.56 Å². The van der Waals surface area contributed by atoms with Gasteiger partial charge in [-0.25, -0.2) is 9.78 Å². The predicted octanol–water partition coefficient (Wildman–Crippen LogP) is 3.60. The number of aryl methyl sites for hydroxylation is 1. The number of thiophene rings is 1. The van der Waals surface area contributed by atoms with Crippen LogP contribution in [0.1, 0.15) is 39.6 Å². The van der Waals surface area contributed by atoms with Crippen LogP contribution in [0.3, 0.4) is 0 Å². The Morgan fingerprint density at radius 3 is 2.83 bits per heavy atom. The molecule has 0 saturated heterocycles. The van der Waals surface area contributed by atoms with E-state index >= 15 is 0 Å². The fraction of sp³-hybridized carbons (Fsp3) is 0.350. The van der Waals surface area contributed by atoms with Crippen molar-refractivity contribution in [1.82, 2.24) is 15.3 Å². The molecule has 0 saturated carbocycles. The first-order valence-electron chi connectivity index (χ1n) is 9.08. The van der Waals surface area contributed by atoms with Gasteiger partial charge in [-0.1, -0.05) is 29.8 Å². The summed E-state index contributed by atoms with van der Waals surface area (Å²) in [5.74, 6) is 0.0101. The number of nitrogens with zero attached hydrogens (tertiary/aromatic N) is 1. The maximum atomic E-state index is 12.6. The zero-order valence-corrected chi connectivity index (χ0v) is 17.9. The largest absolute Gasteiger partial charge is 0.459 e. The summed E-state index contributed by atoms with van der Waals surface area (Å²) >= 11 is 7.39. The third kappa shape index (κ3) is 4.84. The molecule has 2 aromatic heterocycles. The van der Waals surface area contributed by atoms with E-state index < -0.39 is 5.97 Å². The summed E-state index contributed by atoms with van der Waals surface area (Å²) in [4.78, 5) is 33.0. The molecule has 2 N–H and O–H groups in total. The molecule has 0 bridgehead atoms. The lowest BCUT2D eigenvalue weighted by molar-refractivity contribution is 0.0393. The van der Waals surface area contributed by atoms with Crippen LogP contribution in [0.2, 0.25) is 5.02 Å². The molecular weight excluding hydrogens is 414 g/mol. The first-order chi connectivity index (χ1) is 13.9. The number of hydrogen-bond acceptors (Lipinski definition) is 7. The fourth-order valence-corrected chi connectivity index (χ4v) is 4.33. The number of aromatic amines is 1. The Hall–Kier alpha value is -2.26. The Kier molecular flexibility index (Phi) is 7.02. The summed E-state index contributed by atoms with van der Waals surface area (Å²) in [5, 5.41) is 4.40. The van der Waals surface area contributed by atoms with Gasteiger partial charge in [0.2, 0.25) is 0 Å². The van der Waals surface area contributed by atoms with E-state index in [1.165, 1.54) is 7.11 Å². The third-order valence-electron chi connectivity index (χ3n) is 4.50. The number of methoxy groups -OCH3 is 1. The van der Waals surface area contributed by atoms with Crippen LogP contribution in [0, 0.1) is 6.92 Å². The number of carbonyl (C=O) groups excluding carboxylic acids is 1. The zero-order chi connectivity index (χ0) is 21.0. The van der Waals surface area contributed by atoms with Crippen LogP contribution in [-0.4, -0.2) is 36.3 Å². The van der Waals surface area contributed by atoms with Crippen LogP contribution in [0.15, 0.2) is 29.1 Å². The monoisotopic (exact) mass is 435 g/mol. The molecule has 154 valence electrons. The molecule has 3 aromatic rings. The van der Waals surface area contributed by atoms with Crippen molar-refractivity contribution in [3.8, 4) is 0 Å². The van der Waals surface area contributed by atoms with E-state index in [4.69, 9.17) is 21.1 Å². The predicted molar refractivity (Wildman–Crippen MR) is 114 cm³/mol. The van der Waals surface area contributed by atoms with Gasteiger partial charge in [0.1, 0.15) is 22.1 Å². The van der Waals surface area contributed by atoms with Gasteiger partial charge in [-0.3, -0.25) is 4.79 Å². The molecule has 0 radical (unpaired) electrons. The van der Waals surface area contributed by atoms with Crippen molar-refractivity contribution in [3.63, 3.8) is 0 Å². The molecule has 9 heteroatoms. The van der Waals surface area contributed by atoms with Gasteiger partial charge >= 0.3 is 5.97 Å². The van der Waals surface area contributed by atoms with Gasteiger partial charge in [-0.05, 0) is 31.0 Å². The molecule has 0 amide bonds. The summed E-state index contributed by atoms with van der Waals surface area (Å²) in [5.41, 5.74) is 1.26. The van der Waals surface area contributed by atoms with Crippen molar-refractivity contribution in [1.29, 1.82) is 0 Å². The number of hydrogen-bond donors (Lipinski definition) is 2. The molecule has 0 aliphatic carbocycles. The van der Waals surface area contributed by atoms with Crippen LogP contribution in [0.4, 0.5) is 0 Å². The Bertz CT molecular complexity index is 1080. The first-order valence-corrected chi connectivity index (χ1v) is 10.3. The molecule has 0 aliphatic heterocycles. The zero-order valence-electron chi connectivity index (χ0n) is 16.4. The maximum Gasteiger partial charge on any atom is 0.348 e. The highest BCUT2D eigenvalue weighted by Crippen LogP contribution is 2.28. The summed E-state index contributed by atoms with van der Waals surface area (Å²) in [6.07, 6.45) is 0. The Morgan fingerprint density at radius 1 is 1.34 bits per heavy atom. The molecular formula is C20H22ClN3O4S. The highest BCUT2D eigenvalue weighted by atomic mass is 35.5. The van der Waals surface area contributed by atoms with E-state index in [2.05, 4.69) is 15.3 Å². The van der Waals surface area contributed by atoms with E-state index in [0.717, 1.165) is 16.9 Å². The van der Waals surface area contributed by atoms with Gasteiger partial charge < -0.3 is 19.8 Å². The van der Waals surface area contributed by atoms with Crippen LogP contribution in [-0.2, 0) is 16.0 Å². The minimum Gasteiger partial charge on any atom is -0.459 e. The molecule has 3 rings (SSSR count). The Balaban J connectivity index is 1.79. The number of halogens is 1. The second-order valence-corrected chi connectivity index (χ2v) is 7.91. The maximum absolute atomic E-state index is 12.6. The number of aromatic nitrogens is 2. The summed E-state index contributed by atoms with van der Waals surface area (Å²) in [6.45, 7) is 4.53. The number of benzene rings is 1. The number of esters is 1. The average Bonchev–Trinajstić information content (AvgIpc) is 3.03. The van der Waals surface area contributed by atoms with Gasteiger partial charge in [-0.15, -0.1) is 11.3 Å². The van der Waals surface area contributed by atoms with Crippen molar-refractivity contribution in [2.75, 3.05) is 20.3 Å². The highest BCUT2D eigenvalue weighted by molar-refractivity contribution is 7.20. The molecule has 1 atom stereocenters. The van der Waals surface area contributed by atoms with Crippen molar-refractivity contribution < 1.29 is 14.3 Å². The normalized spacial score (nSPS) is 12.3. The van der Waals surface area contributed by atoms with Crippen LogP contribution >= 0.6 is 22.9 Å². The summed E-state index contributed by atoms with van der Waals surface area (Å²) in [6, 6.07) is 7.56. The number of H-pyrrole nitrogens is 1. The van der Waals surface area contributed by atoms with E-state index in [0.29, 0.717) is 44.7 Å². The number of nitrogens with one attached hydrogen (secondary N) is 2. The SMILES string of the molecule is COCCOC(=O)c1sc2nc(CNC(C)c3ccccc3Cl)[nH]c(=O)c2c1C. The molecule has 1 aromatic carbocycles. The molecule has 29 heavy (non-hydrogen) atoms. The number of ether oxygens (including phenoxy) is 2. The van der Waals surface area contributed by atoms with E-state index in [-0.39, 0.29) is 18.2 Å². The van der Waals surface area contributed by atoms with Gasteiger partial charge in [0.05, 0.1) is 18.5 Å². The first kappa shape index (κ1) is 21.4. The minimum atomic E-state index is -0.478. The average molecular weight is 436 g/mol. The van der Waals surface area contributed by atoms with Crippen molar-refractivity contribution >= 4 is 39.1 Å². The second kappa shape index (κ2) is 9.49. The molecule has 0 spiro atoms. The number of rotatable bonds is 8. The Morgan fingerprint density at radius 2 is 2.10 bits per heavy atom. The van der Waals surface area contributed by atoms with Crippen molar-refractivity contribution in [2.45, 2.75) is 26.4 Å². The summed E-state index contributed by atoms with van der Waals surface area (Å²) in [7, 11) is 1.53. The third-order valence-corrected chi connectivity index (χ3v) is 6.01. The lowest BCUT2D eigenvalue weighted by atomic mass is 10.1. The lowest BCUT2D eigenvalue weighted by Gasteiger charge is -2.15. The number of fused-ring (bicyclic) bond motifs is 1. The molecule has 0 fully saturated rings. The molecule has 0 aliphatic rings. The topological polar surface area (TPSA) is 93.3 Å². The van der Waals surface area contributed by atoms with Crippen molar-refractivity contribution in [3.05, 3.63) is 61.5 Å². The van der Waals surface area contributed by atoms with Crippen LogP contribution < -0.4 is 10.9 Å².